The number of rotatable bonds is 3. The van der Waals surface area contributed by atoms with E-state index in [1.54, 1.807) is 6.20 Å². The Kier molecular flexibility index (Phi) is 3.28. The van der Waals surface area contributed by atoms with Gasteiger partial charge in [-0.3, -0.25) is 0 Å². The van der Waals surface area contributed by atoms with Gasteiger partial charge in [0.25, 0.3) is 0 Å². The molecule has 0 saturated heterocycles. The average molecular weight is 228 g/mol. The first kappa shape index (κ1) is 11.5. The summed E-state index contributed by atoms with van der Waals surface area (Å²) in [6, 6.07) is 9.80. The number of aryl methyl sites for hydroxylation is 2. The minimum absolute atomic E-state index is 0.509. The second-order valence-electron chi connectivity index (χ2n) is 4.12. The van der Waals surface area contributed by atoms with Crippen molar-refractivity contribution >= 4 is 5.82 Å². The summed E-state index contributed by atoms with van der Waals surface area (Å²) in [5.41, 5.74) is 9.13. The fraction of sp³-hybridized carbons (Fsp3) is 0.214. The van der Waals surface area contributed by atoms with Crippen LogP contribution in [0.15, 0.2) is 36.5 Å². The molecule has 2 rings (SSSR count). The van der Waals surface area contributed by atoms with Gasteiger partial charge in [-0.05, 0) is 54.8 Å². The van der Waals surface area contributed by atoms with Crippen LogP contribution in [-0.2, 0) is 6.61 Å². The fourth-order valence-corrected chi connectivity index (χ4v) is 1.55. The number of nitrogens with zero attached hydrogens (tertiary/aromatic N) is 1. The summed E-state index contributed by atoms with van der Waals surface area (Å²) in [7, 11) is 0. The highest BCUT2D eigenvalue weighted by atomic mass is 16.5. The molecule has 3 nitrogen and oxygen atoms in total. The Morgan fingerprint density at radius 1 is 1.12 bits per heavy atom. The highest BCUT2D eigenvalue weighted by Crippen LogP contribution is 2.17. The number of nitrogen functional groups attached to an aromatic ring is 1. The maximum absolute atomic E-state index is 5.70. The normalized spacial score (nSPS) is 10.2. The van der Waals surface area contributed by atoms with Crippen molar-refractivity contribution in [2.45, 2.75) is 20.5 Å². The van der Waals surface area contributed by atoms with Crippen LogP contribution in [0.5, 0.6) is 5.75 Å². The lowest BCUT2D eigenvalue weighted by Crippen LogP contribution is -1.98. The summed E-state index contributed by atoms with van der Waals surface area (Å²) >= 11 is 0. The van der Waals surface area contributed by atoms with Crippen LogP contribution in [0.4, 0.5) is 5.82 Å². The van der Waals surface area contributed by atoms with E-state index in [1.807, 2.05) is 24.3 Å². The van der Waals surface area contributed by atoms with E-state index in [2.05, 4.69) is 24.9 Å². The molecule has 0 spiro atoms. The van der Waals surface area contributed by atoms with Gasteiger partial charge in [-0.2, -0.15) is 0 Å². The van der Waals surface area contributed by atoms with Gasteiger partial charge in [0.15, 0.2) is 0 Å². The van der Waals surface area contributed by atoms with Crippen molar-refractivity contribution in [3.63, 3.8) is 0 Å². The molecule has 2 aromatic rings. The molecule has 0 amide bonds. The first-order valence-electron chi connectivity index (χ1n) is 5.55. The van der Waals surface area contributed by atoms with Crippen molar-refractivity contribution in [3.8, 4) is 5.75 Å². The molecule has 88 valence electrons. The van der Waals surface area contributed by atoms with E-state index in [-0.39, 0.29) is 0 Å². The predicted molar refractivity (Wildman–Crippen MR) is 68.9 cm³/mol. The number of hydrogen-bond donors (Lipinski definition) is 1. The number of nitrogens with two attached hydrogens (primary N) is 1. The summed E-state index contributed by atoms with van der Waals surface area (Å²) in [5, 5.41) is 0. The van der Waals surface area contributed by atoms with Crippen LogP contribution >= 0.6 is 0 Å². The lowest BCUT2D eigenvalue weighted by Gasteiger charge is -2.08. The summed E-state index contributed by atoms with van der Waals surface area (Å²) in [4.78, 5) is 3.94. The molecule has 0 aliphatic rings. The fourth-order valence-electron chi connectivity index (χ4n) is 1.55. The summed E-state index contributed by atoms with van der Waals surface area (Å²) in [5.74, 6) is 1.40. The zero-order chi connectivity index (χ0) is 12.3. The average Bonchev–Trinajstić information content (AvgIpc) is 2.31. The second kappa shape index (κ2) is 4.87. The Hall–Kier alpha value is -2.03. The molecule has 1 aromatic heterocycles. The van der Waals surface area contributed by atoms with Gasteiger partial charge in [0.05, 0.1) is 0 Å². The second-order valence-corrected chi connectivity index (χ2v) is 4.12. The van der Waals surface area contributed by atoms with Gasteiger partial charge in [-0.15, -0.1) is 0 Å². The Morgan fingerprint density at radius 2 is 1.94 bits per heavy atom. The van der Waals surface area contributed by atoms with Crippen molar-refractivity contribution in [1.29, 1.82) is 0 Å². The first-order valence-corrected chi connectivity index (χ1v) is 5.55. The largest absolute Gasteiger partial charge is 0.489 e. The molecule has 0 atom stereocenters. The monoisotopic (exact) mass is 228 g/mol. The van der Waals surface area contributed by atoms with Gasteiger partial charge >= 0.3 is 0 Å². The molecule has 3 heteroatoms. The van der Waals surface area contributed by atoms with Crippen LogP contribution in [0.1, 0.15) is 16.7 Å². The van der Waals surface area contributed by atoms with Gasteiger partial charge in [-0.25, -0.2) is 4.98 Å². The van der Waals surface area contributed by atoms with Gasteiger partial charge in [0.2, 0.25) is 0 Å². The molecule has 1 aromatic carbocycles. The van der Waals surface area contributed by atoms with Crippen LogP contribution in [0.3, 0.4) is 0 Å². The van der Waals surface area contributed by atoms with Crippen molar-refractivity contribution in [1.82, 2.24) is 4.98 Å². The molecule has 17 heavy (non-hydrogen) atoms. The Balaban J connectivity index is 2.05. The highest BCUT2D eigenvalue weighted by molar-refractivity contribution is 5.35. The number of aromatic nitrogens is 1. The lowest BCUT2D eigenvalue weighted by atomic mass is 10.1. The van der Waals surface area contributed by atoms with Crippen LogP contribution in [-0.4, -0.2) is 4.98 Å². The standard InChI is InChI=1S/C14H16N2O/c1-10-3-4-13(7-11(10)2)17-9-12-5-6-16-14(15)8-12/h3-8H,9H2,1-2H3,(H2,15,16). The van der Waals surface area contributed by atoms with Gasteiger partial charge in [0, 0.05) is 6.20 Å². The number of ether oxygens (including phenoxy) is 1. The third-order valence-corrected chi connectivity index (χ3v) is 2.73. The van der Waals surface area contributed by atoms with Crippen LogP contribution in [0, 0.1) is 13.8 Å². The summed E-state index contributed by atoms with van der Waals surface area (Å²) < 4.78 is 5.70. The van der Waals surface area contributed by atoms with E-state index in [0.717, 1.165) is 11.3 Å². The van der Waals surface area contributed by atoms with E-state index in [9.17, 15) is 0 Å². The van der Waals surface area contributed by atoms with E-state index in [1.165, 1.54) is 11.1 Å². The lowest BCUT2D eigenvalue weighted by molar-refractivity contribution is 0.306. The van der Waals surface area contributed by atoms with Crippen molar-refractivity contribution in [2.75, 3.05) is 5.73 Å². The van der Waals surface area contributed by atoms with Crippen LogP contribution < -0.4 is 10.5 Å². The molecule has 1 heterocycles. The van der Waals surface area contributed by atoms with Crippen LogP contribution in [0.2, 0.25) is 0 Å². The van der Waals surface area contributed by atoms with Crippen molar-refractivity contribution in [3.05, 3.63) is 53.2 Å². The third-order valence-electron chi connectivity index (χ3n) is 2.73. The molecule has 0 saturated carbocycles. The Labute approximate surface area is 101 Å². The molecular weight excluding hydrogens is 212 g/mol. The molecule has 2 N–H and O–H groups in total. The summed E-state index contributed by atoms with van der Waals surface area (Å²) in [6.45, 7) is 4.67. The minimum Gasteiger partial charge on any atom is -0.489 e. The molecular formula is C14H16N2O. The maximum Gasteiger partial charge on any atom is 0.123 e. The number of anilines is 1. The van der Waals surface area contributed by atoms with E-state index in [4.69, 9.17) is 10.5 Å². The SMILES string of the molecule is Cc1ccc(OCc2ccnc(N)c2)cc1C. The molecule has 0 fully saturated rings. The maximum atomic E-state index is 5.70. The number of benzene rings is 1. The Morgan fingerprint density at radius 3 is 2.65 bits per heavy atom. The predicted octanol–water partition coefficient (Wildman–Crippen LogP) is 2.86. The first-order chi connectivity index (χ1) is 8.15. The highest BCUT2D eigenvalue weighted by Gasteiger charge is 1.99. The smallest absolute Gasteiger partial charge is 0.123 e. The molecule has 0 aliphatic carbocycles. The van der Waals surface area contributed by atoms with E-state index in [0.29, 0.717) is 12.4 Å². The molecule has 0 bridgehead atoms. The third kappa shape index (κ3) is 2.97. The van der Waals surface area contributed by atoms with Crippen LogP contribution in [0.25, 0.3) is 0 Å². The zero-order valence-corrected chi connectivity index (χ0v) is 10.1. The summed E-state index contributed by atoms with van der Waals surface area (Å²) in [6.07, 6.45) is 1.69. The quantitative estimate of drug-likeness (QED) is 0.878. The minimum atomic E-state index is 0.509. The van der Waals surface area contributed by atoms with Crippen molar-refractivity contribution in [2.24, 2.45) is 0 Å². The van der Waals surface area contributed by atoms with E-state index < -0.39 is 0 Å². The number of hydrogen-bond acceptors (Lipinski definition) is 3. The molecule has 0 radical (unpaired) electrons. The molecule has 0 unspecified atom stereocenters. The van der Waals surface area contributed by atoms with Gasteiger partial charge < -0.3 is 10.5 Å². The van der Waals surface area contributed by atoms with Crippen molar-refractivity contribution < 1.29 is 4.74 Å². The van der Waals surface area contributed by atoms with Gasteiger partial charge in [0.1, 0.15) is 18.2 Å². The Bertz CT molecular complexity index is 523. The van der Waals surface area contributed by atoms with E-state index >= 15 is 0 Å². The molecule has 0 aliphatic heterocycles. The topological polar surface area (TPSA) is 48.1 Å². The number of pyridine rings is 1. The zero-order valence-electron chi connectivity index (χ0n) is 10.1. The van der Waals surface area contributed by atoms with Gasteiger partial charge in [-0.1, -0.05) is 6.07 Å².